The van der Waals surface area contributed by atoms with Gasteiger partial charge in [-0.25, -0.2) is 4.39 Å². The number of hydrogen-bond donors (Lipinski definition) is 1. The minimum atomic E-state index is -0.766. The second-order valence-corrected chi connectivity index (χ2v) is 8.04. The molecule has 0 radical (unpaired) electrons. The fourth-order valence-corrected chi connectivity index (χ4v) is 4.58. The van der Waals surface area contributed by atoms with Crippen LogP contribution in [0, 0.1) is 26.0 Å². The Bertz CT molecular complexity index is 906. The third kappa shape index (κ3) is 5.29. The second-order valence-electron chi connectivity index (χ2n) is 6.73. The number of nitro groups is 2. The quantitative estimate of drug-likeness (QED) is 0.545. The first kappa shape index (κ1) is 20.7. The standard InChI is InChI=1S/C19H18FN3O5S/c20-13-5-7-16(8-6-13)29-18-4-2-1-3-17(18)21-19(24)12-9-14(22(25)26)11-15(10-12)23(27)28/h5-11,17-18H,1-4H2,(H,21,24)/t17-,18-/m1/s1. The predicted molar refractivity (Wildman–Crippen MR) is 106 cm³/mol. The summed E-state index contributed by atoms with van der Waals surface area (Å²) in [6.45, 7) is 0. The SMILES string of the molecule is O=C(N[C@@H]1CCCC[C@H]1Sc1ccc(F)cc1)c1cc([N+](=O)[O-])cc([N+](=O)[O-])c1. The fraction of sp³-hybridized carbons (Fsp3) is 0.316. The molecule has 1 amide bonds. The largest absolute Gasteiger partial charge is 0.348 e. The van der Waals surface area contributed by atoms with Gasteiger partial charge in [-0.15, -0.1) is 11.8 Å². The van der Waals surface area contributed by atoms with Crippen molar-refractivity contribution in [3.05, 3.63) is 74.1 Å². The van der Waals surface area contributed by atoms with Crippen molar-refractivity contribution < 1.29 is 19.0 Å². The van der Waals surface area contributed by atoms with Crippen molar-refractivity contribution >= 4 is 29.0 Å². The summed E-state index contributed by atoms with van der Waals surface area (Å²) in [4.78, 5) is 34.1. The summed E-state index contributed by atoms with van der Waals surface area (Å²) in [7, 11) is 0. The molecular formula is C19H18FN3O5S. The van der Waals surface area contributed by atoms with Gasteiger partial charge in [-0.3, -0.25) is 25.0 Å². The minimum absolute atomic E-state index is 0.0480. The Morgan fingerprint density at radius 2 is 1.59 bits per heavy atom. The Morgan fingerprint density at radius 1 is 1.00 bits per heavy atom. The molecule has 8 nitrogen and oxygen atoms in total. The first-order valence-electron chi connectivity index (χ1n) is 9.00. The number of carbonyl (C=O) groups excluding carboxylic acids is 1. The Labute approximate surface area is 169 Å². The number of halogens is 1. The van der Waals surface area contributed by atoms with Crippen molar-refractivity contribution in [3.63, 3.8) is 0 Å². The van der Waals surface area contributed by atoms with E-state index < -0.39 is 27.1 Å². The van der Waals surface area contributed by atoms with Crippen molar-refractivity contribution in [1.29, 1.82) is 0 Å². The van der Waals surface area contributed by atoms with Crippen LogP contribution in [0.4, 0.5) is 15.8 Å². The fourth-order valence-electron chi connectivity index (χ4n) is 3.28. The Balaban J connectivity index is 1.77. The normalized spacial score (nSPS) is 18.8. The monoisotopic (exact) mass is 419 g/mol. The molecular weight excluding hydrogens is 401 g/mol. The summed E-state index contributed by atoms with van der Waals surface area (Å²) in [5, 5.41) is 25.0. The van der Waals surface area contributed by atoms with Crippen LogP contribution in [-0.4, -0.2) is 27.0 Å². The average Bonchev–Trinajstić information content (AvgIpc) is 2.70. The van der Waals surface area contributed by atoms with Crippen molar-refractivity contribution in [3.8, 4) is 0 Å². The highest BCUT2D eigenvalue weighted by Crippen LogP contribution is 2.34. The van der Waals surface area contributed by atoms with Gasteiger partial charge in [0.25, 0.3) is 17.3 Å². The van der Waals surface area contributed by atoms with Gasteiger partial charge >= 0.3 is 0 Å². The van der Waals surface area contributed by atoms with Crippen LogP contribution in [0.15, 0.2) is 47.4 Å². The van der Waals surface area contributed by atoms with Crippen LogP contribution in [0.2, 0.25) is 0 Å². The van der Waals surface area contributed by atoms with Crippen molar-refractivity contribution in [2.45, 2.75) is 41.9 Å². The molecule has 2 aromatic rings. The molecule has 2 aromatic carbocycles. The lowest BCUT2D eigenvalue weighted by Gasteiger charge is -2.31. The number of amides is 1. The van der Waals surface area contributed by atoms with Gasteiger partial charge in [0.15, 0.2) is 0 Å². The number of carbonyl (C=O) groups is 1. The lowest BCUT2D eigenvalue weighted by atomic mass is 9.94. The first-order chi connectivity index (χ1) is 13.8. The van der Waals surface area contributed by atoms with Crippen molar-refractivity contribution in [2.24, 2.45) is 0 Å². The van der Waals surface area contributed by atoms with Gasteiger partial charge in [0, 0.05) is 28.3 Å². The van der Waals surface area contributed by atoms with Crippen LogP contribution >= 0.6 is 11.8 Å². The molecule has 1 N–H and O–H groups in total. The molecule has 1 fully saturated rings. The number of nitrogens with zero attached hydrogens (tertiary/aromatic N) is 2. The number of rotatable bonds is 6. The Kier molecular flexibility index (Phi) is 6.42. The molecule has 29 heavy (non-hydrogen) atoms. The van der Waals surface area contributed by atoms with E-state index in [0.717, 1.165) is 48.8 Å². The average molecular weight is 419 g/mol. The van der Waals surface area contributed by atoms with Gasteiger partial charge in [-0.1, -0.05) is 12.8 Å². The van der Waals surface area contributed by atoms with E-state index in [4.69, 9.17) is 0 Å². The van der Waals surface area contributed by atoms with Crippen LogP contribution in [0.5, 0.6) is 0 Å². The summed E-state index contributed by atoms with van der Waals surface area (Å²) >= 11 is 1.54. The molecule has 1 aliphatic carbocycles. The van der Waals surface area contributed by atoms with Crippen LogP contribution in [0.1, 0.15) is 36.0 Å². The number of non-ortho nitro benzene ring substituents is 2. The molecule has 2 atom stereocenters. The van der Waals surface area contributed by atoms with E-state index in [9.17, 15) is 29.4 Å². The van der Waals surface area contributed by atoms with Gasteiger partial charge in [0.05, 0.1) is 21.5 Å². The summed E-state index contributed by atoms with van der Waals surface area (Å²) in [6.07, 6.45) is 3.48. The highest BCUT2D eigenvalue weighted by atomic mass is 32.2. The molecule has 0 bridgehead atoms. The lowest BCUT2D eigenvalue weighted by molar-refractivity contribution is -0.394. The van der Waals surface area contributed by atoms with E-state index in [1.54, 1.807) is 12.1 Å². The minimum Gasteiger partial charge on any atom is -0.348 e. The predicted octanol–water partition coefficient (Wildman–Crippen LogP) is 4.48. The molecule has 0 saturated heterocycles. The highest BCUT2D eigenvalue weighted by molar-refractivity contribution is 8.00. The third-order valence-electron chi connectivity index (χ3n) is 4.71. The van der Waals surface area contributed by atoms with Gasteiger partial charge in [0.1, 0.15) is 5.82 Å². The summed E-state index contributed by atoms with van der Waals surface area (Å²) < 4.78 is 13.1. The molecule has 0 unspecified atom stereocenters. The summed E-state index contributed by atoms with van der Waals surface area (Å²) in [5.41, 5.74) is -1.14. The zero-order valence-corrected chi connectivity index (χ0v) is 16.1. The Hall–Kier alpha value is -3.01. The Morgan fingerprint density at radius 3 is 2.17 bits per heavy atom. The first-order valence-corrected chi connectivity index (χ1v) is 9.88. The molecule has 152 valence electrons. The lowest BCUT2D eigenvalue weighted by Crippen LogP contribution is -2.43. The molecule has 3 rings (SSSR count). The molecule has 0 spiro atoms. The van der Waals surface area contributed by atoms with E-state index in [1.165, 1.54) is 23.9 Å². The van der Waals surface area contributed by atoms with E-state index in [2.05, 4.69) is 5.32 Å². The molecule has 0 heterocycles. The zero-order chi connectivity index (χ0) is 21.0. The van der Waals surface area contributed by atoms with Crippen LogP contribution in [0.3, 0.4) is 0 Å². The van der Waals surface area contributed by atoms with E-state index >= 15 is 0 Å². The summed E-state index contributed by atoms with van der Waals surface area (Å²) in [6, 6.07) is 8.80. The molecule has 1 saturated carbocycles. The second kappa shape index (κ2) is 8.99. The summed E-state index contributed by atoms with van der Waals surface area (Å²) in [5.74, 6) is -0.913. The maximum absolute atomic E-state index is 13.1. The van der Waals surface area contributed by atoms with Gasteiger partial charge in [-0.05, 0) is 37.1 Å². The molecule has 1 aliphatic rings. The van der Waals surface area contributed by atoms with E-state index in [0.29, 0.717) is 0 Å². The number of nitrogens with one attached hydrogen (secondary N) is 1. The van der Waals surface area contributed by atoms with Gasteiger partial charge < -0.3 is 5.32 Å². The zero-order valence-electron chi connectivity index (χ0n) is 15.2. The molecule has 0 aliphatic heterocycles. The highest BCUT2D eigenvalue weighted by Gasteiger charge is 2.29. The van der Waals surface area contributed by atoms with Crippen molar-refractivity contribution in [2.75, 3.05) is 0 Å². The van der Waals surface area contributed by atoms with Crippen LogP contribution < -0.4 is 5.32 Å². The molecule has 10 heteroatoms. The topological polar surface area (TPSA) is 115 Å². The van der Waals surface area contributed by atoms with Crippen LogP contribution in [0.25, 0.3) is 0 Å². The number of nitro benzene ring substituents is 2. The smallest absolute Gasteiger partial charge is 0.277 e. The molecule has 0 aromatic heterocycles. The maximum Gasteiger partial charge on any atom is 0.277 e. The van der Waals surface area contributed by atoms with Crippen molar-refractivity contribution in [1.82, 2.24) is 5.32 Å². The number of hydrogen-bond acceptors (Lipinski definition) is 6. The number of benzene rings is 2. The van der Waals surface area contributed by atoms with Gasteiger partial charge in [-0.2, -0.15) is 0 Å². The number of thioether (sulfide) groups is 1. The maximum atomic E-state index is 13.1. The third-order valence-corrected chi connectivity index (χ3v) is 6.12. The van der Waals surface area contributed by atoms with Crippen LogP contribution in [-0.2, 0) is 0 Å². The van der Waals surface area contributed by atoms with Gasteiger partial charge in [0.2, 0.25) is 0 Å². The van der Waals surface area contributed by atoms with E-state index in [-0.39, 0.29) is 22.7 Å². The van der Waals surface area contributed by atoms with E-state index in [1.807, 2.05) is 0 Å².